The molecule has 1 aliphatic rings. The molecule has 0 aromatic carbocycles. The maximum Gasteiger partial charge on any atom is 0.263 e. The molecule has 0 spiro atoms. The smallest absolute Gasteiger partial charge is 0.263 e. The molecule has 1 fully saturated rings. The predicted octanol–water partition coefficient (Wildman–Crippen LogP) is 1.76. The summed E-state index contributed by atoms with van der Waals surface area (Å²) in [6.45, 7) is 5.67. The highest BCUT2D eigenvalue weighted by Gasteiger charge is 2.35. The summed E-state index contributed by atoms with van der Waals surface area (Å²) in [5.41, 5.74) is 5.77. The van der Waals surface area contributed by atoms with Crippen molar-refractivity contribution in [2.24, 2.45) is 11.1 Å². The van der Waals surface area contributed by atoms with Gasteiger partial charge in [-0.1, -0.05) is 6.92 Å². The Bertz CT molecular complexity index is 483. The summed E-state index contributed by atoms with van der Waals surface area (Å²) >= 11 is 1.27. The maximum absolute atomic E-state index is 12.3. The van der Waals surface area contributed by atoms with E-state index in [-0.39, 0.29) is 17.1 Å². The Morgan fingerprint density at radius 2 is 2.11 bits per heavy atom. The van der Waals surface area contributed by atoms with Gasteiger partial charge >= 0.3 is 0 Å². The van der Waals surface area contributed by atoms with E-state index in [4.69, 9.17) is 5.73 Å². The van der Waals surface area contributed by atoms with E-state index in [2.05, 4.69) is 6.92 Å². The average molecular weight is 266 g/mol. The maximum atomic E-state index is 12.3. The van der Waals surface area contributed by atoms with Gasteiger partial charge in [-0.3, -0.25) is 9.59 Å². The minimum atomic E-state index is 0.00673. The Labute approximate surface area is 111 Å². The zero-order valence-electron chi connectivity index (χ0n) is 10.7. The van der Waals surface area contributed by atoms with Gasteiger partial charge in [0.15, 0.2) is 5.78 Å². The summed E-state index contributed by atoms with van der Waals surface area (Å²) < 4.78 is 0. The van der Waals surface area contributed by atoms with Crippen molar-refractivity contribution in [1.29, 1.82) is 0 Å². The lowest BCUT2D eigenvalue weighted by molar-refractivity contribution is 0.0781. The molecule has 1 aromatic heterocycles. The minimum Gasteiger partial charge on any atom is -0.337 e. The Morgan fingerprint density at radius 3 is 2.61 bits per heavy atom. The van der Waals surface area contributed by atoms with Crippen LogP contribution in [0.25, 0.3) is 0 Å². The van der Waals surface area contributed by atoms with Crippen LogP contribution in [0.15, 0.2) is 12.1 Å². The fourth-order valence-corrected chi connectivity index (χ4v) is 3.03. The van der Waals surface area contributed by atoms with Gasteiger partial charge in [-0.05, 0) is 37.4 Å². The van der Waals surface area contributed by atoms with E-state index in [0.29, 0.717) is 22.8 Å². The molecule has 2 rings (SSSR count). The third kappa shape index (κ3) is 2.47. The van der Waals surface area contributed by atoms with Crippen LogP contribution in [0.4, 0.5) is 0 Å². The minimum absolute atomic E-state index is 0.00673. The number of hydrogen-bond acceptors (Lipinski definition) is 4. The summed E-state index contributed by atoms with van der Waals surface area (Å²) in [6.07, 6.45) is 0.945. The molecule has 1 atom stereocenters. The number of carbonyl (C=O) groups excluding carboxylic acids is 2. The van der Waals surface area contributed by atoms with E-state index in [1.165, 1.54) is 18.3 Å². The molecule has 18 heavy (non-hydrogen) atoms. The number of hydrogen-bond donors (Lipinski definition) is 1. The molecule has 2 heterocycles. The van der Waals surface area contributed by atoms with E-state index >= 15 is 0 Å². The fourth-order valence-electron chi connectivity index (χ4n) is 2.16. The van der Waals surface area contributed by atoms with Gasteiger partial charge < -0.3 is 10.6 Å². The molecule has 0 aliphatic carbocycles. The molecule has 0 radical (unpaired) electrons. The first-order valence-electron chi connectivity index (χ1n) is 6.05. The van der Waals surface area contributed by atoms with Gasteiger partial charge in [0, 0.05) is 13.1 Å². The molecule has 98 valence electrons. The first-order valence-corrected chi connectivity index (χ1v) is 6.87. The monoisotopic (exact) mass is 266 g/mol. The average Bonchev–Trinajstić information content (AvgIpc) is 2.95. The zero-order valence-corrected chi connectivity index (χ0v) is 11.5. The molecule has 5 heteroatoms. The van der Waals surface area contributed by atoms with Crippen molar-refractivity contribution in [1.82, 2.24) is 4.90 Å². The van der Waals surface area contributed by atoms with Gasteiger partial charge in [-0.15, -0.1) is 11.3 Å². The van der Waals surface area contributed by atoms with Crippen molar-refractivity contribution in [3.05, 3.63) is 21.9 Å². The van der Waals surface area contributed by atoms with Crippen LogP contribution in [0.3, 0.4) is 0 Å². The summed E-state index contributed by atoms with van der Waals surface area (Å²) in [6, 6.07) is 3.46. The number of thiophene rings is 1. The molecule has 1 unspecified atom stereocenters. The zero-order chi connectivity index (χ0) is 13.3. The van der Waals surface area contributed by atoms with Gasteiger partial charge in [-0.25, -0.2) is 0 Å². The van der Waals surface area contributed by atoms with Crippen molar-refractivity contribution in [3.63, 3.8) is 0 Å². The molecule has 1 aromatic rings. The Balaban J connectivity index is 2.10. The van der Waals surface area contributed by atoms with Gasteiger partial charge in [0.05, 0.1) is 9.75 Å². The molecule has 1 saturated heterocycles. The Hall–Kier alpha value is -1.20. The van der Waals surface area contributed by atoms with E-state index < -0.39 is 0 Å². The SMILES string of the molecule is CC(=O)c1ccc(C(=O)N2CCC(C)(CN)C2)s1. The molecule has 0 saturated carbocycles. The topological polar surface area (TPSA) is 63.4 Å². The summed E-state index contributed by atoms with van der Waals surface area (Å²) in [4.78, 5) is 26.6. The molecule has 2 N–H and O–H groups in total. The van der Waals surface area contributed by atoms with Crippen molar-refractivity contribution >= 4 is 23.0 Å². The first-order chi connectivity index (χ1) is 8.45. The van der Waals surface area contributed by atoms with Crippen LogP contribution >= 0.6 is 11.3 Å². The van der Waals surface area contributed by atoms with E-state index in [1.807, 2.05) is 4.90 Å². The number of likely N-dealkylation sites (tertiary alicyclic amines) is 1. The number of amides is 1. The summed E-state index contributed by atoms with van der Waals surface area (Å²) in [7, 11) is 0. The molecule has 0 bridgehead atoms. The predicted molar refractivity (Wildman–Crippen MR) is 72.0 cm³/mol. The molecular weight excluding hydrogens is 248 g/mol. The quantitative estimate of drug-likeness (QED) is 0.848. The lowest BCUT2D eigenvalue weighted by Crippen LogP contribution is -2.34. The van der Waals surface area contributed by atoms with Gasteiger partial charge in [0.1, 0.15) is 0 Å². The summed E-state index contributed by atoms with van der Waals surface area (Å²) in [5.74, 6) is 0.0249. The Kier molecular flexibility index (Phi) is 3.54. The van der Waals surface area contributed by atoms with Crippen LogP contribution < -0.4 is 5.73 Å². The molecule has 4 nitrogen and oxygen atoms in total. The number of carbonyl (C=O) groups is 2. The van der Waals surface area contributed by atoms with Crippen molar-refractivity contribution in [2.45, 2.75) is 20.3 Å². The van der Waals surface area contributed by atoms with Crippen LogP contribution in [0.5, 0.6) is 0 Å². The highest BCUT2D eigenvalue weighted by Crippen LogP contribution is 2.30. The molecule has 1 aliphatic heterocycles. The number of Topliss-reactive ketones (excluding diaryl/α,β-unsaturated/α-hetero) is 1. The highest BCUT2D eigenvalue weighted by atomic mass is 32.1. The largest absolute Gasteiger partial charge is 0.337 e. The molecule has 1 amide bonds. The lowest BCUT2D eigenvalue weighted by Gasteiger charge is -2.22. The highest BCUT2D eigenvalue weighted by molar-refractivity contribution is 7.15. The number of nitrogens with two attached hydrogens (primary N) is 1. The lowest BCUT2D eigenvalue weighted by atomic mass is 9.90. The second kappa shape index (κ2) is 4.82. The number of ketones is 1. The van der Waals surface area contributed by atoms with E-state index in [9.17, 15) is 9.59 Å². The van der Waals surface area contributed by atoms with Gasteiger partial charge in [0.2, 0.25) is 0 Å². The van der Waals surface area contributed by atoms with Crippen LogP contribution in [0.2, 0.25) is 0 Å². The van der Waals surface area contributed by atoms with Crippen LogP contribution in [0.1, 0.15) is 39.6 Å². The van der Waals surface area contributed by atoms with E-state index in [1.54, 1.807) is 12.1 Å². The van der Waals surface area contributed by atoms with Crippen LogP contribution in [0, 0.1) is 5.41 Å². The first kappa shape index (κ1) is 13.2. The van der Waals surface area contributed by atoms with Crippen molar-refractivity contribution in [3.8, 4) is 0 Å². The fraction of sp³-hybridized carbons (Fsp3) is 0.538. The standard InChI is InChI=1S/C13H18N2O2S/c1-9(16)10-3-4-11(18-10)12(17)15-6-5-13(2,7-14)8-15/h3-4H,5-8,14H2,1-2H3. The van der Waals surface area contributed by atoms with Crippen LogP contribution in [-0.4, -0.2) is 36.2 Å². The number of nitrogens with zero attached hydrogens (tertiary/aromatic N) is 1. The van der Waals surface area contributed by atoms with Gasteiger partial charge in [0.25, 0.3) is 5.91 Å². The van der Waals surface area contributed by atoms with Crippen LogP contribution in [-0.2, 0) is 0 Å². The van der Waals surface area contributed by atoms with Crippen molar-refractivity contribution < 1.29 is 9.59 Å². The normalized spacial score (nSPS) is 23.4. The second-order valence-corrected chi connectivity index (χ2v) is 6.30. The molecular formula is C13H18N2O2S. The van der Waals surface area contributed by atoms with Crippen molar-refractivity contribution in [2.75, 3.05) is 19.6 Å². The number of rotatable bonds is 3. The third-order valence-corrected chi connectivity index (χ3v) is 4.68. The third-order valence-electron chi connectivity index (χ3n) is 3.50. The second-order valence-electron chi connectivity index (χ2n) is 5.21. The Morgan fingerprint density at radius 1 is 1.44 bits per heavy atom. The van der Waals surface area contributed by atoms with E-state index in [0.717, 1.165) is 13.0 Å². The van der Waals surface area contributed by atoms with Gasteiger partial charge in [-0.2, -0.15) is 0 Å². The summed E-state index contributed by atoms with van der Waals surface area (Å²) in [5, 5.41) is 0.